The van der Waals surface area contributed by atoms with Gasteiger partial charge in [-0.1, -0.05) is 31.2 Å². The molecule has 2 aromatic carbocycles. The highest BCUT2D eigenvalue weighted by Gasteiger charge is 2.24. The molecule has 0 aliphatic rings. The molecule has 3 rings (SSSR count). The molecule has 3 aromatic rings. The number of aliphatic hydroxyl groups is 1. The molecule has 0 spiro atoms. The second-order valence-electron chi connectivity index (χ2n) is 7.67. The lowest BCUT2D eigenvalue weighted by atomic mass is 10.0. The number of hydrogen-bond acceptors (Lipinski definition) is 4. The number of carbonyl (C=O) groups is 1. The number of hydrogen-bond donors (Lipinski definition) is 3. The zero-order valence-electron chi connectivity index (χ0n) is 17.9. The number of carbonyl (C=O) groups excluding carboxylic acids is 1. The second kappa shape index (κ2) is 12.2. The third kappa shape index (κ3) is 7.68. The largest absolute Gasteiger partial charge is 0.390 e. The van der Waals surface area contributed by atoms with E-state index in [4.69, 9.17) is 0 Å². The Morgan fingerprint density at radius 1 is 1.06 bits per heavy atom. The molecule has 0 bridgehead atoms. The molecule has 0 aliphatic carbocycles. The quantitative estimate of drug-likeness (QED) is 0.283. The summed E-state index contributed by atoms with van der Waals surface area (Å²) in [6.45, 7) is 2.82. The smallest absolute Gasteiger partial charge is 0.261 e. The molecule has 2 atom stereocenters. The van der Waals surface area contributed by atoms with Crippen molar-refractivity contribution in [2.45, 2.75) is 38.5 Å². The van der Waals surface area contributed by atoms with Gasteiger partial charge in [-0.25, -0.2) is 8.78 Å². The molecule has 1 amide bonds. The van der Waals surface area contributed by atoms with Gasteiger partial charge in [0.1, 0.15) is 11.6 Å². The summed E-state index contributed by atoms with van der Waals surface area (Å²) in [6.07, 6.45) is 0.0212. The minimum atomic E-state index is -0.985. The van der Waals surface area contributed by atoms with Gasteiger partial charge < -0.3 is 15.7 Å². The number of benzene rings is 2. The van der Waals surface area contributed by atoms with Gasteiger partial charge in [-0.2, -0.15) is 0 Å². The monoisotopic (exact) mass is 600 g/mol. The number of aryl methyl sites for hydroxylation is 1. The van der Waals surface area contributed by atoms with Gasteiger partial charge in [0, 0.05) is 23.6 Å². The Morgan fingerprint density at radius 2 is 1.76 bits per heavy atom. The van der Waals surface area contributed by atoms with Crippen LogP contribution < -0.4 is 10.6 Å². The molecule has 0 unspecified atom stereocenters. The molecule has 1 aromatic heterocycles. The Balaban J connectivity index is 1.70. The molecule has 0 saturated carbocycles. The fourth-order valence-electron chi connectivity index (χ4n) is 3.43. The standard InChI is InChI=1S/C24H24Br2F2N2O2S/c1-2-14-4-3-5-15(6-14)12-29-13-21(31)20(9-16-7-17(27)10-18(28)8-16)30-24(32)22-11-19(25)23(26)33-22/h3-8,10-11,20-21,29,31H,2,9,12-13H2,1H3,(H,30,32)/t20-,21+/m0/s1. The maximum absolute atomic E-state index is 13.7. The topological polar surface area (TPSA) is 61.4 Å². The Bertz CT molecular complexity index is 1070. The highest BCUT2D eigenvalue weighted by Crippen LogP contribution is 2.32. The molecule has 9 heteroatoms. The Labute approximate surface area is 212 Å². The lowest BCUT2D eigenvalue weighted by Gasteiger charge is -2.25. The van der Waals surface area contributed by atoms with Gasteiger partial charge in [-0.3, -0.25) is 4.79 Å². The number of rotatable bonds is 10. The molecule has 1 heterocycles. The molecule has 0 aliphatic heterocycles. The molecule has 4 nitrogen and oxygen atoms in total. The number of aliphatic hydroxyl groups excluding tert-OH is 1. The zero-order chi connectivity index (χ0) is 24.0. The normalized spacial score (nSPS) is 13.0. The van der Waals surface area contributed by atoms with Crippen LogP contribution in [0.4, 0.5) is 8.78 Å². The summed E-state index contributed by atoms with van der Waals surface area (Å²) in [7, 11) is 0. The van der Waals surface area contributed by atoms with Crippen molar-refractivity contribution >= 4 is 49.1 Å². The van der Waals surface area contributed by atoms with Crippen LogP contribution in [0.2, 0.25) is 0 Å². The molecule has 33 heavy (non-hydrogen) atoms. The molecule has 0 saturated heterocycles. The average molecular weight is 602 g/mol. The molecule has 0 radical (unpaired) electrons. The van der Waals surface area contributed by atoms with E-state index in [-0.39, 0.29) is 18.9 Å². The summed E-state index contributed by atoms with van der Waals surface area (Å²) in [6, 6.07) is 12.3. The van der Waals surface area contributed by atoms with Crippen molar-refractivity contribution in [2.24, 2.45) is 0 Å². The molecular formula is C24H24Br2F2N2O2S. The lowest BCUT2D eigenvalue weighted by Crippen LogP contribution is -2.48. The van der Waals surface area contributed by atoms with E-state index in [1.54, 1.807) is 6.07 Å². The van der Waals surface area contributed by atoms with Crippen molar-refractivity contribution in [3.63, 3.8) is 0 Å². The predicted molar refractivity (Wildman–Crippen MR) is 135 cm³/mol. The summed E-state index contributed by atoms with van der Waals surface area (Å²) in [5.74, 6) is -1.78. The first-order valence-electron chi connectivity index (χ1n) is 10.4. The van der Waals surface area contributed by atoms with Crippen LogP contribution in [0, 0.1) is 11.6 Å². The van der Waals surface area contributed by atoms with E-state index >= 15 is 0 Å². The molecule has 3 N–H and O–H groups in total. The number of thiophene rings is 1. The summed E-state index contributed by atoms with van der Waals surface area (Å²) in [5.41, 5.74) is 2.66. The SMILES string of the molecule is CCc1cccc(CNC[C@@H](O)[C@H](Cc2cc(F)cc(F)c2)NC(=O)c2cc(Br)c(Br)s2)c1. The minimum absolute atomic E-state index is 0.0717. The highest BCUT2D eigenvalue weighted by molar-refractivity contribution is 9.13. The van der Waals surface area contributed by atoms with Gasteiger partial charge in [0.25, 0.3) is 5.91 Å². The first kappa shape index (κ1) is 26.0. The van der Waals surface area contributed by atoms with E-state index in [0.717, 1.165) is 26.3 Å². The van der Waals surface area contributed by atoms with Crippen molar-refractivity contribution in [3.8, 4) is 0 Å². The van der Waals surface area contributed by atoms with Crippen molar-refractivity contribution in [2.75, 3.05) is 6.54 Å². The number of halogens is 4. The van der Waals surface area contributed by atoms with Gasteiger partial charge in [0.15, 0.2) is 0 Å². The zero-order valence-corrected chi connectivity index (χ0v) is 21.9. The van der Waals surface area contributed by atoms with Crippen LogP contribution in [0.5, 0.6) is 0 Å². The Morgan fingerprint density at radius 3 is 2.39 bits per heavy atom. The van der Waals surface area contributed by atoms with Crippen molar-refractivity contribution in [1.82, 2.24) is 10.6 Å². The minimum Gasteiger partial charge on any atom is -0.390 e. The molecule has 176 valence electrons. The van der Waals surface area contributed by atoms with Crippen molar-refractivity contribution in [1.29, 1.82) is 0 Å². The van der Waals surface area contributed by atoms with Gasteiger partial charge in [-0.05, 0) is 79.6 Å². The van der Waals surface area contributed by atoms with E-state index in [9.17, 15) is 18.7 Å². The van der Waals surface area contributed by atoms with Crippen LogP contribution in [0.1, 0.15) is 33.3 Å². The highest BCUT2D eigenvalue weighted by atomic mass is 79.9. The number of nitrogens with one attached hydrogen (secondary N) is 2. The van der Waals surface area contributed by atoms with E-state index < -0.39 is 23.8 Å². The lowest BCUT2D eigenvalue weighted by molar-refractivity contribution is 0.0833. The first-order valence-corrected chi connectivity index (χ1v) is 12.8. The summed E-state index contributed by atoms with van der Waals surface area (Å²) in [4.78, 5) is 13.2. The summed E-state index contributed by atoms with van der Waals surface area (Å²) < 4.78 is 28.9. The molecular weight excluding hydrogens is 578 g/mol. The maximum atomic E-state index is 13.7. The van der Waals surface area contributed by atoms with Crippen LogP contribution in [0.15, 0.2) is 56.8 Å². The van der Waals surface area contributed by atoms with Gasteiger partial charge >= 0.3 is 0 Å². The van der Waals surface area contributed by atoms with Crippen LogP contribution in [0.3, 0.4) is 0 Å². The number of amides is 1. The maximum Gasteiger partial charge on any atom is 0.261 e. The van der Waals surface area contributed by atoms with E-state index in [2.05, 4.69) is 61.5 Å². The molecule has 0 fully saturated rings. The summed E-state index contributed by atoms with van der Waals surface area (Å²) >= 11 is 7.97. The fraction of sp³-hybridized carbons (Fsp3) is 0.292. The van der Waals surface area contributed by atoms with Crippen LogP contribution in [-0.2, 0) is 19.4 Å². The third-order valence-corrected chi connectivity index (χ3v) is 8.37. The second-order valence-corrected chi connectivity index (χ2v) is 10.9. The van der Waals surface area contributed by atoms with Gasteiger partial charge in [0.2, 0.25) is 0 Å². The van der Waals surface area contributed by atoms with Crippen molar-refractivity contribution < 1.29 is 18.7 Å². The third-order valence-electron chi connectivity index (χ3n) is 5.11. The Hall–Kier alpha value is -1.65. The van der Waals surface area contributed by atoms with E-state index in [1.165, 1.54) is 29.0 Å². The first-order chi connectivity index (χ1) is 15.7. The van der Waals surface area contributed by atoms with Crippen LogP contribution in [-0.4, -0.2) is 29.7 Å². The van der Waals surface area contributed by atoms with E-state index in [1.807, 2.05) is 12.1 Å². The Kier molecular flexibility index (Phi) is 9.57. The summed E-state index contributed by atoms with van der Waals surface area (Å²) in [5, 5.41) is 16.9. The average Bonchev–Trinajstić information content (AvgIpc) is 3.11. The van der Waals surface area contributed by atoms with Crippen molar-refractivity contribution in [3.05, 3.63) is 90.0 Å². The van der Waals surface area contributed by atoms with Crippen LogP contribution in [0.25, 0.3) is 0 Å². The predicted octanol–water partition coefficient (Wildman–Crippen LogP) is 5.61. The van der Waals surface area contributed by atoms with Crippen LogP contribution >= 0.6 is 43.2 Å². The van der Waals surface area contributed by atoms with Gasteiger partial charge in [-0.15, -0.1) is 11.3 Å². The van der Waals surface area contributed by atoms with E-state index in [0.29, 0.717) is 17.0 Å². The fourth-order valence-corrected chi connectivity index (χ4v) is 5.37. The van der Waals surface area contributed by atoms with Gasteiger partial charge in [0.05, 0.1) is 20.8 Å².